The van der Waals surface area contributed by atoms with E-state index in [9.17, 15) is 0 Å². The fourth-order valence-corrected chi connectivity index (χ4v) is 10.1. The van der Waals surface area contributed by atoms with Crippen molar-refractivity contribution in [3.8, 4) is 17.1 Å². The molecule has 0 unspecified atom stereocenters. The molecule has 0 amide bonds. The van der Waals surface area contributed by atoms with Gasteiger partial charge in [-0.15, -0.1) is 0 Å². The summed E-state index contributed by atoms with van der Waals surface area (Å²) in [7, 11) is 0. The van der Waals surface area contributed by atoms with Crippen LogP contribution < -0.4 is 0 Å². The first kappa shape index (κ1) is 31.1. The van der Waals surface area contributed by atoms with Crippen LogP contribution in [0.25, 0.3) is 126 Å². The van der Waals surface area contributed by atoms with E-state index in [4.69, 9.17) is 8.83 Å². The standard InChI is InChI=1S/C54H31N3O2/c1-6-16-44-35(11-1)36-12-2-7-17-45(36)55(44)32-21-25-47-41(29-32)39-24-26-48-53(54(39)57(47)34-23-28-52-43(31-34)38-14-5-10-20-50(38)59-52)40-15-3-8-18-46(40)56(48)33-22-27-51-42(30-33)37-13-4-9-19-49(37)58-51/h1-31H. The van der Waals surface area contributed by atoms with Gasteiger partial charge in [-0.25, -0.2) is 0 Å². The van der Waals surface area contributed by atoms with Crippen molar-refractivity contribution in [1.82, 2.24) is 13.7 Å². The van der Waals surface area contributed by atoms with Crippen molar-refractivity contribution in [2.45, 2.75) is 0 Å². The molecule has 5 heterocycles. The van der Waals surface area contributed by atoms with E-state index in [0.717, 1.165) is 77.5 Å². The summed E-state index contributed by atoms with van der Waals surface area (Å²) in [6.07, 6.45) is 0. The SMILES string of the molecule is c1ccc2c(c1)oc1ccc(-n3c4ccccc4c4c3ccc3c5cc(-n6c7ccccc7c7ccccc76)ccc5n(-c5ccc6oc7ccccc7c6c5)c34)cc12. The average molecular weight is 754 g/mol. The lowest BCUT2D eigenvalue weighted by Gasteiger charge is -2.11. The molecule has 14 aromatic rings. The summed E-state index contributed by atoms with van der Waals surface area (Å²) in [5.74, 6) is 0. The number of fused-ring (bicyclic) bond motifs is 16. The van der Waals surface area contributed by atoms with E-state index in [1.807, 2.05) is 24.3 Å². The Morgan fingerprint density at radius 1 is 0.254 bits per heavy atom. The third-order valence-corrected chi connectivity index (χ3v) is 12.6. The molecule has 0 aliphatic carbocycles. The van der Waals surface area contributed by atoms with Crippen LogP contribution in [0.1, 0.15) is 0 Å². The maximum absolute atomic E-state index is 6.34. The average Bonchev–Trinajstić information content (AvgIpc) is 4.09. The van der Waals surface area contributed by atoms with Crippen LogP contribution in [0.2, 0.25) is 0 Å². The zero-order chi connectivity index (χ0) is 38.3. The molecule has 0 bridgehead atoms. The van der Waals surface area contributed by atoms with E-state index in [2.05, 4.69) is 177 Å². The molecule has 0 aliphatic heterocycles. The van der Waals surface area contributed by atoms with Gasteiger partial charge in [0.15, 0.2) is 0 Å². The van der Waals surface area contributed by atoms with E-state index < -0.39 is 0 Å². The fourth-order valence-electron chi connectivity index (χ4n) is 10.1. The quantitative estimate of drug-likeness (QED) is 0.180. The minimum atomic E-state index is 0.883. The number of furan rings is 2. The summed E-state index contributed by atoms with van der Waals surface area (Å²) in [6, 6.07) is 67.8. The lowest BCUT2D eigenvalue weighted by atomic mass is 10.1. The van der Waals surface area contributed by atoms with Gasteiger partial charge in [-0.05, 0) is 91.0 Å². The van der Waals surface area contributed by atoms with Crippen LogP contribution in [-0.4, -0.2) is 13.7 Å². The van der Waals surface area contributed by atoms with Gasteiger partial charge in [0, 0.05) is 70.9 Å². The normalized spacial score (nSPS) is 12.4. The molecule has 0 saturated carbocycles. The Kier molecular flexibility index (Phi) is 5.96. The largest absolute Gasteiger partial charge is 0.456 e. The molecule has 0 saturated heterocycles. The van der Waals surface area contributed by atoms with Crippen LogP contribution in [0.4, 0.5) is 0 Å². The maximum atomic E-state index is 6.34. The first-order valence-corrected chi connectivity index (χ1v) is 20.1. The van der Waals surface area contributed by atoms with Gasteiger partial charge in [0.05, 0.1) is 33.1 Å². The molecule has 0 N–H and O–H groups in total. The van der Waals surface area contributed by atoms with Crippen molar-refractivity contribution < 1.29 is 8.83 Å². The zero-order valence-electron chi connectivity index (χ0n) is 31.6. The third-order valence-electron chi connectivity index (χ3n) is 12.6. The molecule has 14 rings (SSSR count). The molecule has 0 fully saturated rings. The zero-order valence-corrected chi connectivity index (χ0v) is 31.6. The molecular formula is C54H31N3O2. The van der Waals surface area contributed by atoms with Crippen molar-refractivity contribution in [3.05, 3.63) is 188 Å². The van der Waals surface area contributed by atoms with Crippen LogP contribution in [0, 0.1) is 0 Å². The van der Waals surface area contributed by atoms with E-state index in [1.54, 1.807) is 0 Å². The van der Waals surface area contributed by atoms with Crippen molar-refractivity contribution in [2.24, 2.45) is 0 Å². The highest BCUT2D eigenvalue weighted by molar-refractivity contribution is 6.26. The number of hydrogen-bond donors (Lipinski definition) is 0. The highest BCUT2D eigenvalue weighted by atomic mass is 16.3. The van der Waals surface area contributed by atoms with Crippen LogP contribution in [-0.2, 0) is 0 Å². The second-order valence-corrected chi connectivity index (χ2v) is 15.7. The first-order chi connectivity index (χ1) is 29.3. The molecular weight excluding hydrogens is 723 g/mol. The highest BCUT2D eigenvalue weighted by Crippen LogP contribution is 2.44. The fraction of sp³-hybridized carbons (Fsp3) is 0. The molecule has 5 aromatic heterocycles. The van der Waals surface area contributed by atoms with Crippen LogP contribution in [0.15, 0.2) is 197 Å². The second-order valence-electron chi connectivity index (χ2n) is 15.7. The van der Waals surface area contributed by atoms with E-state index >= 15 is 0 Å². The van der Waals surface area contributed by atoms with Crippen LogP contribution in [0.3, 0.4) is 0 Å². The van der Waals surface area contributed by atoms with Crippen molar-refractivity contribution in [1.29, 1.82) is 0 Å². The van der Waals surface area contributed by atoms with Gasteiger partial charge >= 0.3 is 0 Å². The molecule has 59 heavy (non-hydrogen) atoms. The summed E-state index contributed by atoms with van der Waals surface area (Å²) >= 11 is 0. The lowest BCUT2D eigenvalue weighted by Crippen LogP contribution is -1.96. The molecule has 0 radical (unpaired) electrons. The maximum Gasteiger partial charge on any atom is 0.135 e. The number of aromatic nitrogens is 3. The summed E-state index contributed by atoms with van der Waals surface area (Å²) in [4.78, 5) is 0. The van der Waals surface area contributed by atoms with Gasteiger partial charge in [0.25, 0.3) is 0 Å². The highest BCUT2D eigenvalue weighted by Gasteiger charge is 2.23. The summed E-state index contributed by atoms with van der Waals surface area (Å²) in [6.45, 7) is 0. The molecule has 0 spiro atoms. The smallest absolute Gasteiger partial charge is 0.135 e. The Hall–Kier alpha value is -8.02. The van der Waals surface area contributed by atoms with Gasteiger partial charge in [0.2, 0.25) is 0 Å². The lowest BCUT2D eigenvalue weighted by molar-refractivity contribution is 0.668. The molecule has 5 heteroatoms. The van der Waals surface area contributed by atoms with Crippen LogP contribution >= 0.6 is 0 Å². The molecule has 0 atom stereocenters. The monoisotopic (exact) mass is 753 g/mol. The van der Waals surface area contributed by atoms with Crippen molar-refractivity contribution in [3.63, 3.8) is 0 Å². The molecule has 0 aliphatic rings. The Morgan fingerprint density at radius 2 is 0.661 bits per heavy atom. The minimum absolute atomic E-state index is 0.883. The van der Waals surface area contributed by atoms with Crippen molar-refractivity contribution >= 4 is 109 Å². The first-order valence-electron chi connectivity index (χ1n) is 20.1. The summed E-state index contributed by atoms with van der Waals surface area (Å²) in [5, 5.41) is 11.8. The van der Waals surface area contributed by atoms with Crippen LogP contribution in [0.5, 0.6) is 0 Å². The van der Waals surface area contributed by atoms with E-state index in [-0.39, 0.29) is 0 Å². The predicted molar refractivity (Wildman–Crippen MR) is 244 cm³/mol. The summed E-state index contributed by atoms with van der Waals surface area (Å²) < 4.78 is 19.9. The minimum Gasteiger partial charge on any atom is -0.456 e. The Morgan fingerprint density at radius 3 is 1.27 bits per heavy atom. The van der Waals surface area contributed by atoms with Gasteiger partial charge in [-0.1, -0.05) is 97.1 Å². The van der Waals surface area contributed by atoms with Gasteiger partial charge in [-0.3, -0.25) is 0 Å². The number of rotatable bonds is 3. The predicted octanol–water partition coefficient (Wildman–Crippen LogP) is 14.8. The Labute approximate surface area is 335 Å². The topological polar surface area (TPSA) is 41.1 Å². The van der Waals surface area contributed by atoms with Gasteiger partial charge in [-0.2, -0.15) is 0 Å². The van der Waals surface area contributed by atoms with Gasteiger partial charge < -0.3 is 22.5 Å². The molecule has 9 aromatic carbocycles. The number of benzene rings is 9. The molecule has 274 valence electrons. The number of hydrogen-bond acceptors (Lipinski definition) is 2. The Bertz CT molecular complexity index is 4040. The number of para-hydroxylation sites is 5. The second kappa shape index (κ2) is 11.3. The molecule has 5 nitrogen and oxygen atoms in total. The van der Waals surface area contributed by atoms with Crippen molar-refractivity contribution in [2.75, 3.05) is 0 Å². The van der Waals surface area contributed by atoms with E-state index in [1.165, 1.54) is 48.9 Å². The Balaban J connectivity index is 1.12. The summed E-state index contributed by atoms with van der Waals surface area (Å²) in [5.41, 5.74) is 13.9. The van der Waals surface area contributed by atoms with Gasteiger partial charge in [0.1, 0.15) is 22.3 Å². The third kappa shape index (κ3) is 4.13. The number of nitrogens with zero attached hydrogens (tertiary/aromatic N) is 3. The van der Waals surface area contributed by atoms with E-state index in [0.29, 0.717) is 0 Å².